The van der Waals surface area contributed by atoms with Crippen LogP contribution >= 0.6 is 0 Å². The van der Waals surface area contributed by atoms with E-state index in [-0.39, 0.29) is 0 Å². The summed E-state index contributed by atoms with van der Waals surface area (Å²) in [5.74, 6) is 0.321. The SMILES string of the molecule is CC(=O)CC1CCCN1CCc1ccccc1. The van der Waals surface area contributed by atoms with E-state index in [9.17, 15) is 4.79 Å². The molecule has 1 aliphatic rings. The van der Waals surface area contributed by atoms with Gasteiger partial charge in [0.25, 0.3) is 0 Å². The normalized spacial score (nSPS) is 20.6. The van der Waals surface area contributed by atoms with Crippen molar-refractivity contribution in [1.82, 2.24) is 4.90 Å². The van der Waals surface area contributed by atoms with Gasteiger partial charge in [0.15, 0.2) is 0 Å². The van der Waals surface area contributed by atoms with Crippen LogP contribution in [0.4, 0.5) is 0 Å². The predicted molar refractivity (Wildman–Crippen MR) is 70.0 cm³/mol. The number of rotatable bonds is 5. The first kappa shape index (κ1) is 12.3. The number of hydrogen-bond acceptors (Lipinski definition) is 2. The summed E-state index contributed by atoms with van der Waals surface area (Å²) in [5.41, 5.74) is 1.39. The topological polar surface area (TPSA) is 20.3 Å². The van der Waals surface area contributed by atoms with Crippen molar-refractivity contribution in [3.8, 4) is 0 Å². The van der Waals surface area contributed by atoms with Gasteiger partial charge in [0.1, 0.15) is 5.78 Å². The number of likely N-dealkylation sites (tertiary alicyclic amines) is 1. The standard InChI is InChI=1S/C15H21NO/c1-13(17)12-15-8-5-10-16(15)11-9-14-6-3-2-4-7-14/h2-4,6-7,15H,5,8-12H2,1H3. The van der Waals surface area contributed by atoms with Crippen LogP contribution in [-0.2, 0) is 11.2 Å². The van der Waals surface area contributed by atoms with Gasteiger partial charge in [-0.2, -0.15) is 0 Å². The molecule has 2 heteroatoms. The number of carbonyl (C=O) groups excluding carboxylic acids is 1. The molecule has 1 saturated heterocycles. The fraction of sp³-hybridized carbons (Fsp3) is 0.533. The van der Waals surface area contributed by atoms with Crippen LogP contribution < -0.4 is 0 Å². The molecule has 0 spiro atoms. The van der Waals surface area contributed by atoms with E-state index in [1.54, 1.807) is 6.92 Å². The van der Waals surface area contributed by atoms with Crippen molar-refractivity contribution in [3.05, 3.63) is 35.9 Å². The fourth-order valence-corrected chi connectivity index (χ4v) is 2.67. The summed E-state index contributed by atoms with van der Waals surface area (Å²) in [6, 6.07) is 11.1. The van der Waals surface area contributed by atoms with Crippen molar-refractivity contribution in [1.29, 1.82) is 0 Å². The lowest BCUT2D eigenvalue weighted by Gasteiger charge is -2.23. The minimum Gasteiger partial charge on any atom is -0.300 e. The molecule has 2 rings (SSSR count). The zero-order valence-corrected chi connectivity index (χ0v) is 10.6. The second-order valence-electron chi connectivity index (χ2n) is 4.97. The Labute approximate surface area is 104 Å². The molecule has 1 unspecified atom stereocenters. The number of nitrogens with zero attached hydrogens (tertiary/aromatic N) is 1. The second-order valence-corrected chi connectivity index (χ2v) is 4.97. The Morgan fingerprint density at radius 3 is 2.82 bits per heavy atom. The summed E-state index contributed by atoms with van der Waals surface area (Å²) >= 11 is 0. The average molecular weight is 231 g/mol. The molecule has 0 radical (unpaired) electrons. The van der Waals surface area contributed by atoms with Crippen molar-refractivity contribution in [2.75, 3.05) is 13.1 Å². The van der Waals surface area contributed by atoms with Crippen LogP contribution in [0.15, 0.2) is 30.3 Å². The van der Waals surface area contributed by atoms with Gasteiger partial charge >= 0.3 is 0 Å². The molecular formula is C15H21NO. The third-order valence-electron chi connectivity index (χ3n) is 3.55. The summed E-state index contributed by atoms with van der Waals surface area (Å²) in [5, 5.41) is 0. The molecule has 0 aromatic heterocycles. The van der Waals surface area contributed by atoms with E-state index in [2.05, 4.69) is 35.2 Å². The van der Waals surface area contributed by atoms with E-state index in [4.69, 9.17) is 0 Å². The lowest BCUT2D eigenvalue weighted by molar-refractivity contribution is -0.118. The molecule has 0 N–H and O–H groups in total. The minimum atomic E-state index is 0.321. The minimum absolute atomic E-state index is 0.321. The zero-order chi connectivity index (χ0) is 12.1. The molecule has 1 aromatic rings. The van der Waals surface area contributed by atoms with Crippen LogP contribution in [0.25, 0.3) is 0 Å². The van der Waals surface area contributed by atoms with Crippen LogP contribution in [-0.4, -0.2) is 29.8 Å². The van der Waals surface area contributed by atoms with Gasteiger partial charge in [-0.3, -0.25) is 9.69 Å². The van der Waals surface area contributed by atoms with E-state index >= 15 is 0 Å². The first-order valence-corrected chi connectivity index (χ1v) is 6.53. The molecule has 0 saturated carbocycles. The number of carbonyl (C=O) groups is 1. The van der Waals surface area contributed by atoms with Gasteiger partial charge in [0, 0.05) is 19.0 Å². The number of hydrogen-bond donors (Lipinski definition) is 0. The summed E-state index contributed by atoms with van der Waals surface area (Å²) < 4.78 is 0. The zero-order valence-electron chi connectivity index (χ0n) is 10.6. The number of Topliss-reactive ketones (excluding diaryl/α,β-unsaturated/α-hetero) is 1. The van der Waals surface area contributed by atoms with Crippen molar-refractivity contribution < 1.29 is 4.79 Å². The Hall–Kier alpha value is -1.15. The highest BCUT2D eigenvalue weighted by atomic mass is 16.1. The van der Waals surface area contributed by atoms with Gasteiger partial charge in [-0.15, -0.1) is 0 Å². The van der Waals surface area contributed by atoms with Gasteiger partial charge in [-0.25, -0.2) is 0 Å². The van der Waals surface area contributed by atoms with Crippen molar-refractivity contribution in [2.24, 2.45) is 0 Å². The molecule has 2 nitrogen and oxygen atoms in total. The third kappa shape index (κ3) is 3.67. The van der Waals surface area contributed by atoms with Gasteiger partial charge in [-0.05, 0) is 38.3 Å². The quantitative estimate of drug-likeness (QED) is 0.776. The van der Waals surface area contributed by atoms with Gasteiger partial charge in [-0.1, -0.05) is 30.3 Å². The largest absolute Gasteiger partial charge is 0.300 e. The maximum atomic E-state index is 11.2. The predicted octanol–water partition coefficient (Wildman–Crippen LogP) is 2.67. The maximum Gasteiger partial charge on any atom is 0.131 e. The molecule has 1 aliphatic heterocycles. The van der Waals surface area contributed by atoms with Crippen molar-refractivity contribution in [2.45, 2.75) is 38.6 Å². The Kier molecular flexibility index (Phi) is 4.32. The first-order chi connectivity index (χ1) is 8.25. The Morgan fingerprint density at radius 2 is 2.12 bits per heavy atom. The molecule has 0 bridgehead atoms. The third-order valence-corrected chi connectivity index (χ3v) is 3.55. The summed E-state index contributed by atoms with van der Waals surface area (Å²) in [4.78, 5) is 13.7. The molecule has 1 aromatic carbocycles. The van der Waals surface area contributed by atoms with Gasteiger partial charge in [0.05, 0.1) is 0 Å². The fourth-order valence-electron chi connectivity index (χ4n) is 2.67. The highest BCUT2D eigenvalue weighted by molar-refractivity contribution is 5.76. The van der Waals surface area contributed by atoms with Crippen molar-refractivity contribution in [3.63, 3.8) is 0 Å². The Bertz CT molecular complexity index is 360. The van der Waals surface area contributed by atoms with Crippen LogP contribution in [0.1, 0.15) is 31.7 Å². The summed E-state index contributed by atoms with van der Waals surface area (Å²) in [6.45, 7) is 3.94. The smallest absolute Gasteiger partial charge is 0.131 e. The van der Waals surface area contributed by atoms with Crippen LogP contribution in [0.2, 0.25) is 0 Å². The van der Waals surface area contributed by atoms with Crippen molar-refractivity contribution >= 4 is 5.78 Å². The molecule has 17 heavy (non-hydrogen) atoms. The molecule has 1 heterocycles. The summed E-state index contributed by atoms with van der Waals surface area (Å²) in [7, 11) is 0. The monoisotopic (exact) mass is 231 g/mol. The molecule has 92 valence electrons. The Morgan fingerprint density at radius 1 is 1.35 bits per heavy atom. The maximum absolute atomic E-state index is 11.2. The lowest BCUT2D eigenvalue weighted by Crippen LogP contribution is -2.32. The highest BCUT2D eigenvalue weighted by Crippen LogP contribution is 2.20. The molecule has 0 amide bonds. The van der Waals surface area contributed by atoms with Crippen LogP contribution in [0, 0.1) is 0 Å². The molecule has 0 aliphatic carbocycles. The first-order valence-electron chi connectivity index (χ1n) is 6.53. The van der Waals surface area contributed by atoms with Gasteiger partial charge < -0.3 is 0 Å². The second kappa shape index (κ2) is 5.97. The lowest BCUT2D eigenvalue weighted by atomic mass is 10.1. The van der Waals surface area contributed by atoms with E-state index in [0.717, 1.165) is 25.9 Å². The highest BCUT2D eigenvalue weighted by Gasteiger charge is 2.24. The summed E-state index contributed by atoms with van der Waals surface area (Å²) in [6.07, 6.45) is 4.26. The van der Waals surface area contributed by atoms with Crippen LogP contribution in [0.5, 0.6) is 0 Å². The van der Waals surface area contributed by atoms with Crippen LogP contribution in [0.3, 0.4) is 0 Å². The van der Waals surface area contributed by atoms with Gasteiger partial charge in [0.2, 0.25) is 0 Å². The Balaban J connectivity index is 1.84. The van der Waals surface area contributed by atoms with E-state index in [1.807, 2.05) is 0 Å². The number of benzene rings is 1. The van der Waals surface area contributed by atoms with E-state index in [1.165, 1.54) is 18.4 Å². The molecule has 1 fully saturated rings. The average Bonchev–Trinajstić information content (AvgIpc) is 2.74. The van der Waals surface area contributed by atoms with E-state index in [0.29, 0.717) is 11.8 Å². The van der Waals surface area contributed by atoms with E-state index < -0.39 is 0 Å². The molecular weight excluding hydrogens is 210 g/mol. The molecule has 1 atom stereocenters. The number of ketones is 1.